The zero-order valence-electron chi connectivity index (χ0n) is 17.3. The SMILES string of the molecule is CCc1n[nH]c(=O)c2ccc(-c3cnn(C)c3-c3c(C#N)cc4cccnc4c3Cl)cc12. The molecule has 0 aliphatic heterocycles. The van der Waals surface area contributed by atoms with Gasteiger partial charge in [0, 0.05) is 35.1 Å². The molecule has 5 rings (SSSR count). The minimum atomic E-state index is -0.231. The fraction of sp³-hybridized carbons (Fsp3) is 0.125. The number of rotatable bonds is 3. The van der Waals surface area contributed by atoms with Crippen LogP contribution in [0.25, 0.3) is 44.1 Å². The van der Waals surface area contributed by atoms with Crippen molar-refractivity contribution in [3.63, 3.8) is 0 Å². The number of nitrogens with one attached hydrogen (secondary N) is 1. The summed E-state index contributed by atoms with van der Waals surface area (Å²) in [5, 5.41) is 23.6. The first-order valence-electron chi connectivity index (χ1n) is 10.0. The van der Waals surface area contributed by atoms with Crippen molar-refractivity contribution in [2.75, 3.05) is 0 Å². The summed E-state index contributed by atoms with van der Waals surface area (Å²) in [6, 6.07) is 13.3. The fourth-order valence-electron chi connectivity index (χ4n) is 4.10. The molecule has 8 heteroatoms. The predicted octanol–water partition coefficient (Wildman–Crippen LogP) is 4.63. The normalized spacial score (nSPS) is 11.2. The Hall–Kier alpha value is -4.02. The van der Waals surface area contributed by atoms with Crippen molar-refractivity contribution >= 4 is 33.3 Å². The number of benzene rings is 2. The Balaban J connectivity index is 1.82. The lowest BCUT2D eigenvalue weighted by molar-refractivity contribution is 0.776. The molecule has 0 unspecified atom stereocenters. The van der Waals surface area contributed by atoms with E-state index in [1.54, 1.807) is 29.2 Å². The average Bonchev–Trinajstić information content (AvgIpc) is 3.20. The van der Waals surface area contributed by atoms with Gasteiger partial charge in [-0.2, -0.15) is 15.5 Å². The fourth-order valence-corrected chi connectivity index (χ4v) is 4.45. The third-order valence-electron chi connectivity index (χ3n) is 5.64. The number of nitriles is 1. The largest absolute Gasteiger partial charge is 0.272 e. The van der Waals surface area contributed by atoms with E-state index in [9.17, 15) is 10.1 Å². The molecular weight excluding hydrogens is 424 g/mol. The monoisotopic (exact) mass is 440 g/mol. The van der Waals surface area contributed by atoms with Gasteiger partial charge in [-0.05, 0) is 36.2 Å². The van der Waals surface area contributed by atoms with Gasteiger partial charge in [-0.3, -0.25) is 14.5 Å². The molecule has 0 spiro atoms. The van der Waals surface area contributed by atoms with Gasteiger partial charge in [0.2, 0.25) is 0 Å². The number of pyridine rings is 1. The Morgan fingerprint density at radius 2 is 2.06 bits per heavy atom. The molecule has 0 radical (unpaired) electrons. The van der Waals surface area contributed by atoms with E-state index in [0.29, 0.717) is 39.2 Å². The van der Waals surface area contributed by atoms with Gasteiger partial charge in [-0.1, -0.05) is 30.7 Å². The van der Waals surface area contributed by atoms with Gasteiger partial charge in [0.05, 0.1) is 45.1 Å². The first kappa shape index (κ1) is 19.9. The van der Waals surface area contributed by atoms with E-state index in [-0.39, 0.29) is 5.56 Å². The van der Waals surface area contributed by atoms with Gasteiger partial charge >= 0.3 is 0 Å². The molecule has 0 fully saturated rings. The molecule has 0 aliphatic rings. The lowest BCUT2D eigenvalue weighted by Crippen LogP contribution is -2.10. The van der Waals surface area contributed by atoms with Crippen molar-refractivity contribution in [2.45, 2.75) is 13.3 Å². The van der Waals surface area contributed by atoms with Gasteiger partial charge in [0.15, 0.2) is 0 Å². The summed E-state index contributed by atoms with van der Waals surface area (Å²) >= 11 is 6.80. The smallest absolute Gasteiger partial charge is 0.267 e. The number of fused-ring (bicyclic) bond motifs is 2. The molecule has 2 aromatic carbocycles. The van der Waals surface area contributed by atoms with Crippen LogP contribution >= 0.6 is 11.6 Å². The van der Waals surface area contributed by atoms with Crippen molar-refractivity contribution in [1.82, 2.24) is 25.0 Å². The molecule has 0 aliphatic carbocycles. The van der Waals surface area contributed by atoms with Gasteiger partial charge in [0.1, 0.15) is 0 Å². The van der Waals surface area contributed by atoms with E-state index in [2.05, 4.69) is 26.3 Å². The highest BCUT2D eigenvalue weighted by Crippen LogP contribution is 2.41. The second kappa shape index (κ2) is 7.59. The van der Waals surface area contributed by atoms with E-state index in [4.69, 9.17) is 11.6 Å². The highest BCUT2D eigenvalue weighted by Gasteiger charge is 2.22. The summed E-state index contributed by atoms with van der Waals surface area (Å²) in [6.45, 7) is 1.99. The van der Waals surface area contributed by atoms with Crippen molar-refractivity contribution in [3.8, 4) is 28.5 Å². The number of hydrogen-bond acceptors (Lipinski definition) is 5. The van der Waals surface area contributed by atoms with Crippen LogP contribution in [-0.2, 0) is 13.5 Å². The molecule has 7 nitrogen and oxygen atoms in total. The van der Waals surface area contributed by atoms with Crippen LogP contribution in [0.3, 0.4) is 0 Å². The third kappa shape index (κ3) is 2.96. The van der Waals surface area contributed by atoms with Gasteiger partial charge in [-0.15, -0.1) is 0 Å². The molecule has 3 aromatic heterocycles. The van der Waals surface area contributed by atoms with E-state index in [0.717, 1.165) is 27.6 Å². The summed E-state index contributed by atoms with van der Waals surface area (Å²) in [5.74, 6) is 0. The van der Waals surface area contributed by atoms with Crippen molar-refractivity contribution in [1.29, 1.82) is 5.26 Å². The maximum Gasteiger partial charge on any atom is 0.272 e. The van der Waals surface area contributed by atoms with Crippen LogP contribution in [0.5, 0.6) is 0 Å². The van der Waals surface area contributed by atoms with E-state index in [1.807, 2.05) is 38.2 Å². The Kier molecular flexibility index (Phi) is 4.72. The topological polar surface area (TPSA) is 100 Å². The lowest BCUT2D eigenvalue weighted by atomic mass is 9.95. The average molecular weight is 441 g/mol. The van der Waals surface area contributed by atoms with E-state index in [1.165, 1.54) is 0 Å². The minimum Gasteiger partial charge on any atom is -0.267 e. The van der Waals surface area contributed by atoms with Crippen LogP contribution in [0.2, 0.25) is 5.02 Å². The number of halogens is 1. The highest BCUT2D eigenvalue weighted by atomic mass is 35.5. The molecule has 1 N–H and O–H groups in total. The number of aromatic amines is 1. The van der Waals surface area contributed by atoms with Crippen molar-refractivity contribution in [3.05, 3.63) is 75.4 Å². The molecule has 0 saturated carbocycles. The molecule has 156 valence electrons. The summed E-state index contributed by atoms with van der Waals surface area (Å²) in [7, 11) is 1.81. The second-order valence-electron chi connectivity index (χ2n) is 7.44. The highest BCUT2D eigenvalue weighted by molar-refractivity contribution is 6.38. The molecule has 5 aromatic rings. The number of hydrogen-bond donors (Lipinski definition) is 1. The number of nitrogens with zero attached hydrogens (tertiary/aromatic N) is 5. The van der Waals surface area contributed by atoms with Gasteiger partial charge in [0.25, 0.3) is 5.56 Å². The first-order chi connectivity index (χ1) is 15.5. The van der Waals surface area contributed by atoms with Crippen LogP contribution < -0.4 is 5.56 Å². The number of H-pyrrole nitrogens is 1. The summed E-state index contributed by atoms with van der Waals surface area (Å²) < 4.78 is 1.70. The Bertz CT molecular complexity index is 1630. The quantitative estimate of drug-likeness (QED) is 0.441. The van der Waals surface area contributed by atoms with Crippen LogP contribution in [0, 0.1) is 11.3 Å². The van der Waals surface area contributed by atoms with Crippen molar-refractivity contribution in [2.24, 2.45) is 7.05 Å². The minimum absolute atomic E-state index is 0.231. The van der Waals surface area contributed by atoms with Crippen molar-refractivity contribution < 1.29 is 0 Å². The molecule has 0 saturated heterocycles. The zero-order valence-corrected chi connectivity index (χ0v) is 18.1. The predicted molar refractivity (Wildman–Crippen MR) is 124 cm³/mol. The van der Waals surface area contributed by atoms with E-state index >= 15 is 0 Å². The Labute approximate surface area is 187 Å². The molecule has 3 heterocycles. The molecule has 0 bridgehead atoms. The van der Waals surface area contributed by atoms with Crippen LogP contribution in [0.1, 0.15) is 18.2 Å². The number of aryl methyl sites for hydroxylation is 2. The van der Waals surface area contributed by atoms with Crippen LogP contribution in [-0.4, -0.2) is 25.0 Å². The Morgan fingerprint density at radius 3 is 2.84 bits per heavy atom. The first-order valence-corrected chi connectivity index (χ1v) is 10.4. The van der Waals surface area contributed by atoms with Crippen LogP contribution in [0.15, 0.2) is 53.6 Å². The molecule has 0 atom stereocenters. The maximum atomic E-state index is 12.2. The van der Waals surface area contributed by atoms with Crippen LogP contribution in [0.4, 0.5) is 0 Å². The number of aromatic nitrogens is 5. The zero-order chi connectivity index (χ0) is 22.4. The third-order valence-corrected chi connectivity index (χ3v) is 6.01. The lowest BCUT2D eigenvalue weighted by Gasteiger charge is -2.13. The standard InChI is InChI=1S/C24H17ClN6O/c1-3-19-17-10-13(6-7-16(17)24(32)30-29-19)18-12-28-31(2)23(18)20-15(11-26)9-14-5-4-8-27-22(14)21(20)25/h4-10,12H,3H2,1-2H3,(H,30,32). The summed E-state index contributed by atoms with van der Waals surface area (Å²) in [6.07, 6.45) is 4.09. The maximum absolute atomic E-state index is 12.2. The Morgan fingerprint density at radius 1 is 1.22 bits per heavy atom. The summed E-state index contributed by atoms with van der Waals surface area (Å²) in [5.41, 5.74) is 4.56. The van der Waals surface area contributed by atoms with E-state index < -0.39 is 0 Å². The van der Waals surface area contributed by atoms with Gasteiger partial charge < -0.3 is 0 Å². The molecule has 32 heavy (non-hydrogen) atoms. The van der Waals surface area contributed by atoms with Gasteiger partial charge in [-0.25, -0.2) is 5.10 Å². The second-order valence-corrected chi connectivity index (χ2v) is 7.82. The summed E-state index contributed by atoms with van der Waals surface area (Å²) in [4.78, 5) is 16.7. The molecular formula is C24H17ClN6O. The molecule has 0 amide bonds.